The lowest BCUT2D eigenvalue weighted by atomic mass is 10.2. The molecule has 148 valence electrons. The van der Waals surface area contributed by atoms with Gasteiger partial charge in [0.15, 0.2) is 0 Å². The second-order valence-corrected chi connectivity index (χ2v) is 6.98. The lowest BCUT2D eigenvalue weighted by Gasteiger charge is -2.06. The first kappa shape index (κ1) is 20.5. The van der Waals surface area contributed by atoms with Gasteiger partial charge < -0.3 is 19.2 Å². The predicted octanol–water partition coefficient (Wildman–Crippen LogP) is 4.01. The highest BCUT2D eigenvalue weighted by atomic mass is 35.5. The number of nitriles is 1. The molecule has 1 amide bonds. The van der Waals surface area contributed by atoms with E-state index in [1.54, 1.807) is 38.5 Å². The van der Waals surface area contributed by atoms with Gasteiger partial charge in [-0.05, 0) is 30.3 Å². The molecule has 0 fully saturated rings. The number of nitrogens with zero attached hydrogens (tertiary/aromatic N) is 3. The number of hydrogen-bond donors (Lipinski definition) is 1. The fraction of sp³-hybridized carbons (Fsp3) is 0.158. The van der Waals surface area contributed by atoms with Crippen LogP contribution < -0.4 is 14.8 Å². The quantitative estimate of drug-likeness (QED) is 0.560. The van der Waals surface area contributed by atoms with Gasteiger partial charge in [-0.15, -0.1) is 10.2 Å². The van der Waals surface area contributed by atoms with Crippen LogP contribution in [-0.2, 0) is 4.79 Å². The molecule has 0 radical (unpaired) electrons. The van der Waals surface area contributed by atoms with Crippen LogP contribution in [0.1, 0.15) is 5.56 Å². The molecule has 0 aliphatic carbocycles. The molecule has 0 spiro atoms. The number of methoxy groups -OCH3 is 2. The third-order valence-corrected chi connectivity index (χ3v) is 4.76. The van der Waals surface area contributed by atoms with E-state index in [1.807, 2.05) is 6.07 Å². The number of thioether (sulfide) groups is 1. The number of nitrogens with one attached hydrogen (secondary N) is 1. The van der Waals surface area contributed by atoms with Crippen LogP contribution in [0.15, 0.2) is 46.0 Å². The van der Waals surface area contributed by atoms with Crippen molar-refractivity contribution in [2.75, 3.05) is 25.3 Å². The van der Waals surface area contributed by atoms with Crippen LogP contribution in [0.3, 0.4) is 0 Å². The topological polar surface area (TPSA) is 110 Å². The van der Waals surface area contributed by atoms with Gasteiger partial charge in [-0.25, -0.2) is 0 Å². The molecule has 29 heavy (non-hydrogen) atoms. The largest absolute Gasteiger partial charge is 0.497 e. The van der Waals surface area contributed by atoms with Crippen molar-refractivity contribution >= 4 is 35.0 Å². The molecule has 3 aromatic rings. The van der Waals surface area contributed by atoms with Gasteiger partial charge in [-0.2, -0.15) is 5.26 Å². The van der Waals surface area contributed by atoms with Crippen molar-refractivity contribution in [2.24, 2.45) is 0 Å². The second-order valence-electron chi connectivity index (χ2n) is 5.61. The summed E-state index contributed by atoms with van der Waals surface area (Å²) in [6.45, 7) is 0. The van der Waals surface area contributed by atoms with Gasteiger partial charge in [0.1, 0.15) is 17.6 Å². The highest BCUT2D eigenvalue weighted by molar-refractivity contribution is 7.99. The maximum absolute atomic E-state index is 12.2. The van der Waals surface area contributed by atoms with Gasteiger partial charge >= 0.3 is 0 Å². The normalized spacial score (nSPS) is 10.3. The zero-order chi connectivity index (χ0) is 20.8. The van der Waals surface area contributed by atoms with Crippen molar-refractivity contribution in [3.05, 3.63) is 47.0 Å². The zero-order valence-electron chi connectivity index (χ0n) is 15.4. The molecule has 0 unspecified atom stereocenters. The number of anilines is 1. The fourth-order valence-corrected chi connectivity index (χ4v) is 3.08. The van der Waals surface area contributed by atoms with Gasteiger partial charge in [-0.1, -0.05) is 23.4 Å². The third kappa shape index (κ3) is 5.19. The molecule has 0 aliphatic heterocycles. The number of halogens is 1. The molecular formula is C19H15ClN4O4S. The Kier molecular flexibility index (Phi) is 6.59. The summed E-state index contributed by atoms with van der Waals surface area (Å²) in [5.41, 5.74) is 1.29. The number of carbonyl (C=O) groups excluding carboxylic acids is 1. The molecule has 10 heteroatoms. The van der Waals surface area contributed by atoms with E-state index in [0.29, 0.717) is 33.3 Å². The van der Waals surface area contributed by atoms with E-state index in [9.17, 15) is 4.79 Å². The number of amides is 1. The number of aromatic nitrogens is 2. The summed E-state index contributed by atoms with van der Waals surface area (Å²) in [6, 6.07) is 11.8. The van der Waals surface area contributed by atoms with Crippen LogP contribution >= 0.6 is 23.4 Å². The summed E-state index contributed by atoms with van der Waals surface area (Å²) in [5, 5.41) is 20.3. The van der Waals surface area contributed by atoms with Crippen LogP contribution in [0.25, 0.3) is 11.5 Å². The molecule has 2 aromatic carbocycles. The first-order valence-corrected chi connectivity index (χ1v) is 9.58. The van der Waals surface area contributed by atoms with Crippen LogP contribution in [0.5, 0.6) is 11.5 Å². The Bertz CT molecular complexity index is 1060. The van der Waals surface area contributed by atoms with Crippen molar-refractivity contribution in [1.29, 1.82) is 5.26 Å². The molecule has 0 bridgehead atoms. The minimum absolute atomic E-state index is 0.0143. The first-order chi connectivity index (χ1) is 14.0. The van der Waals surface area contributed by atoms with Crippen molar-refractivity contribution in [1.82, 2.24) is 10.2 Å². The summed E-state index contributed by atoms with van der Waals surface area (Å²) >= 11 is 6.99. The molecule has 0 atom stereocenters. The van der Waals surface area contributed by atoms with Crippen molar-refractivity contribution in [2.45, 2.75) is 5.22 Å². The minimum atomic E-state index is -0.337. The summed E-state index contributed by atoms with van der Waals surface area (Å²) in [4.78, 5) is 12.2. The lowest BCUT2D eigenvalue weighted by molar-refractivity contribution is -0.113. The summed E-state index contributed by atoms with van der Waals surface area (Å²) < 4.78 is 16.1. The Morgan fingerprint density at radius 3 is 2.59 bits per heavy atom. The Morgan fingerprint density at radius 1 is 1.21 bits per heavy atom. The number of ether oxygens (including phenoxy) is 2. The van der Waals surface area contributed by atoms with Crippen molar-refractivity contribution in [3.63, 3.8) is 0 Å². The molecule has 0 saturated heterocycles. The molecule has 1 aromatic heterocycles. The van der Waals surface area contributed by atoms with Crippen LogP contribution in [0, 0.1) is 11.3 Å². The number of benzene rings is 2. The molecule has 0 aliphatic rings. The summed E-state index contributed by atoms with van der Waals surface area (Å²) in [6.07, 6.45) is 0. The maximum atomic E-state index is 12.2. The monoisotopic (exact) mass is 430 g/mol. The van der Waals surface area contributed by atoms with Gasteiger partial charge in [0, 0.05) is 16.7 Å². The van der Waals surface area contributed by atoms with E-state index in [0.717, 1.165) is 11.8 Å². The zero-order valence-corrected chi connectivity index (χ0v) is 17.0. The molecule has 0 saturated carbocycles. The Hall–Kier alpha value is -3.22. The average molecular weight is 431 g/mol. The molecule has 1 heterocycles. The number of carbonyl (C=O) groups is 1. The fourth-order valence-electron chi connectivity index (χ4n) is 2.35. The summed E-state index contributed by atoms with van der Waals surface area (Å²) in [7, 11) is 3.09. The number of hydrogen-bond acceptors (Lipinski definition) is 8. The SMILES string of the molecule is COc1cc(OC)cc(-c2nnc(SCC(=O)Nc3cc(Cl)ccc3C#N)o2)c1. The smallest absolute Gasteiger partial charge is 0.277 e. The highest BCUT2D eigenvalue weighted by Crippen LogP contribution is 2.30. The average Bonchev–Trinajstić information content (AvgIpc) is 3.21. The van der Waals surface area contributed by atoms with E-state index in [2.05, 4.69) is 15.5 Å². The van der Waals surface area contributed by atoms with Gasteiger partial charge in [0.05, 0.1) is 31.2 Å². The predicted molar refractivity (Wildman–Crippen MR) is 108 cm³/mol. The molecule has 1 N–H and O–H groups in total. The van der Waals surface area contributed by atoms with Gasteiger partial charge in [0.2, 0.25) is 11.8 Å². The van der Waals surface area contributed by atoms with Gasteiger partial charge in [0.25, 0.3) is 5.22 Å². The molecular weight excluding hydrogens is 416 g/mol. The lowest BCUT2D eigenvalue weighted by Crippen LogP contribution is -2.15. The Morgan fingerprint density at radius 2 is 1.93 bits per heavy atom. The highest BCUT2D eigenvalue weighted by Gasteiger charge is 2.14. The maximum Gasteiger partial charge on any atom is 0.277 e. The van der Waals surface area contributed by atoms with E-state index in [1.165, 1.54) is 12.1 Å². The van der Waals surface area contributed by atoms with Crippen molar-refractivity contribution in [3.8, 4) is 29.0 Å². The third-order valence-electron chi connectivity index (χ3n) is 3.71. The van der Waals surface area contributed by atoms with Crippen LogP contribution in [0.4, 0.5) is 5.69 Å². The Labute approximate surface area is 175 Å². The van der Waals surface area contributed by atoms with E-state index in [-0.39, 0.29) is 22.8 Å². The van der Waals surface area contributed by atoms with E-state index in [4.69, 9.17) is 30.8 Å². The Balaban J connectivity index is 1.66. The van der Waals surface area contributed by atoms with Crippen molar-refractivity contribution < 1.29 is 18.7 Å². The molecule has 3 rings (SSSR count). The minimum Gasteiger partial charge on any atom is -0.497 e. The van der Waals surface area contributed by atoms with E-state index >= 15 is 0 Å². The van der Waals surface area contributed by atoms with Gasteiger partial charge in [-0.3, -0.25) is 4.79 Å². The second kappa shape index (κ2) is 9.32. The first-order valence-electron chi connectivity index (χ1n) is 8.21. The summed E-state index contributed by atoms with van der Waals surface area (Å²) in [5.74, 6) is 1.12. The van der Waals surface area contributed by atoms with Crippen LogP contribution in [0.2, 0.25) is 5.02 Å². The number of rotatable bonds is 7. The molecule has 8 nitrogen and oxygen atoms in total. The standard InChI is InChI=1S/C19H15ClN4O4S/c1-26-14-5-12(6-15(8-14)27-2)18-23-24-19(28-18)29-10-17(25)22-16-7-13(20)4-3-11(16)9-21/h3-8H,10H2,1-2H3,(H,22,25). The van der Waals surface area contributed by atoms with E-state index < -0.39 is 0 Å². The van der Waals surface area contributed by atoms with Crippen LogP contribution in [-0.4, -0.2) is 36.1 Å².